The van der Waals surface area contributed by atoms with Crippen LogP contribution in [-0.4, -0.2) is 33.4 Å². The van der Waals surface area contributed by atoms with E-state index in [1.807, 2.05) is 41.8 Å². The predicted molar refractivity (Wildman–Crippen MR) is 101 cm³/mol. The van der Waals surface area contributed by atoms with Crippen molar-refractivity contribution in [1.29, 1.82) is 0 Å². The maximum Gasteiger partial charge on any atom is 0.237 e. The van der Waals surface area contributed by atoms with Crippen LogP contribution in [0.1, 0.15) is 19.0 Å². The van der Waals surface area contributed by atoms with Gasteiger partial charge in [-0.1, -0.05) is 30.8 Å². The normalized spacial score (nSPS) is 17.2. The molecule has 0 saturated heterocycles. The second-order valence-corrected chi connectivity index (χ2v) is 8.16. The number of amides is 1. The number of nitrogens with zero attached hydrogens (tertiary/aromatic N) is 3. The van der Waals surface area contributed by atoms with Gasteiger partial charge < -0.3 is 10.6 Å². The number of hydrogen-bond acceptors (Lipinski definition) is 6. The highest BCUT2D eigenvalue weighted by atomic mass is 32.2. The lowest BCUT2D eigenvalue weighted by molar-refractivity contribution is -0.116. The summed E-state index contributed by atoms with van der Waals surface area (Å²) in [7, 11) is 0. The number of thioether (sulfide) groups is 2. The number of carbonyl (C=O) groups excluding carboxylic acids is 1. The van der Waals surface area contributed by atoms with Crippen molar-refractivity contribution in [1.82, 2.24) is 9.97 Å². The smallest absolute Gasteiger partial charge is 0.237 e. The standard InChI is InChI=1S/C17H20N4OS2/c1-11-9-15(18)20-17(19-11)23-10-16(22)21-8-7-12(2)24-14-6-4-3-5-13(14)21/h3-6,9,12H,7-8,10H2,1-2H3,(H2,18,19,20). The van der Waals surface area contributed by atoms with Crippen LogP contribution >= 0.6 is 23.5 Å². The van der Waals surface area contributed by atoms with Crippen molar-refractivity contribution in [3.05, 3.63) is 36.0 Å². The lowest BCUT2D eigenvalue weighted by atomic mass is 10.2. The number of aromatic nitrogens is 2. The van der Waals surface area contributed by atoms with Crippen molar-refractivity contribution < 1.29 is 4.79 Å². The fourth-order valence-electron chi connectivity index (χ4n) is 2.58. The van der Waals surface area contributed by atoms with Gasteiger partial charge in [0, 0.05) is 28.5 Å². The quantitative estimate of drug-likeness (QED) is 0.668. The summed E-state index contributed by atoms with van der Waals surface area (Å²) < 4.78 is 0. The predicted octanol–water partition coefficient (Wildman–Crippen LogP) is 3.38. The van der Waals surface area contributed by atoms with Crippen molar-refractivity contribution in [2.75, 3.05) is 22.9 Å². The van der Waals surface area contributed by atoms with Gasteiger partial charge in [0.2, 0.25) is 5.91 Å². The van der Waals surface area contributed by atoms with Gasteiger partial charge in [0.15, 0.2) is 5.16 Å². The minimum Gasteiger partial charge on any atom is -0.384 e. The molecule has 126 valence electrons. The Morgan fingerprint density at radius 2 is 2.21 bits per heavy atom. The van der Waals surface area contributed by atoms with E-state index < -0.39 is 0 Å². The molecule has 1 atom stereocenters. The van der Waals surface area contributed by atoms with Gasteiger partial charge in [-0.25, -0.2) is 9.97 Å². The molecule has 7 heteroatoms. The third-order valence-corrected chi connectivity index (χ3v) is 5.79. The van der Waals surface area contributed by atoms with Crippen LogP contribution in [0.4, 0.5) is 11.5 Å². The molecular formula is C17H20N4OS2. The van der Waals surface area contributed by atoms with Crippen LogP contribution in [-0.2, 0) is 4.79 Å². The first-order valence-corrected chi connectivity index (χ1v) is 9.69. The Hall–Kier alpha value is -1.73. The summed E-state index contributed by atoms with van der Waals surface area (Å²) in [6.45, 7) is 4.81. The molecule has 0 saturated carbocycles. The Labute approximate surface area is 150 Å². The molecule has 24 heavy (non-hydrogen) atoms. The number of fused-ring (bicyclic) bond motifs is 1. The third kappa shape index (κ3) is 4.02. The van der Waals surface area contributed by atoms with E-state index in [1.165, 1.54) is 11.8 Å². The number of para-hydroxylation sites is 1. The van der Waals surface area contributed by atoms with E-state index in [2.05, 4.69) is 23.0 Å². The molecule has 2 heterocycles. The zero-order chi connectivity index (χ0) is 17.1. The first-order chi connectivity index (χ1) is 11.5. The monoisotopic (exact) mass is 360 g/mol. The van der Waals surface area contributed by atoms with Crippen molar-refractivity contribution >= 4 is 40.9 Å². The molecular weight excluding hydrogens is 340 g/mol. The van der Waals surface area contributed by atoms with Crippen LogP contribution in [0, 0.1) is 6.92 Å². The number of rotatable bonds is 3. The molecule has 0 spiro atoms. The number of benzene rings is 1. The van der Waals surface area contributed by atoms with Gasteiger partial charge in [-0.05, 0) is 25.5 Å². The van der Waals surface area contributed by atoms with Crippen LogP contribution in [0.2, 0.25) is 0 Å². The minimum absolute atomic E-state index is 0.0748. The van der Waals surface area contributed by atoms with E-state index in [4.69, 9.17) is 5.73 Å². The van der Waals surface area contributed by atoms with Crippen molar-refractivity contribution in [3.63, 3.8) is 0 Å². The molecule has 0 aliphatic carbocycles. The highest BCUT2D eigenvalue weighted by Gasteiger charge is 2.24. The van der Waals surface area contributed by atoms with Crippen LogP contribution in [0.15, 0.2) is 40.4 Å². The second-order valence-electron chi connectivity index (χ2n) is 5.74. The molecule has 2 aromatic rings. The molecule has 1 aromatic heterocycles. The highest BCUT2D eigenvalue weighted by molar-refractivity contribution is 8.00. The SMILES string of the molecule is Cc1cc(N)nc(SCC(=O)N2CCC(C)Sc3ccccc32)n1. The fourth-order valence-corrected chi connectivity index (χ4v) is 4.48. The molecule has 5 nitrogen and oxygen atoms in total. The number of nitrogen functional groups attached to an aromatic ring is 1. The van der Waals surface area contributed by atoms with E-state index in [0.29, 0.717) is 22.0 Å². The lowest BCUT2D eigenvalue weighted by Gasteiger charge is -2.22. The maximum atomic E-state index is 12.8. The first-order valence-electron chi connectivity index (χ1n) is 7.83. The molecule has 0 radical (unpaired) electrons. The summed E-state index contributed by atoms with van der Waals surface area (Å²) >= 11 is 3.16. The zero-order valence-corrected chi connectivity index (χ0v) is 15.4. The Balaban J connectivity index is 1.75. The number of carbonyl (C=O) groups is 1. The summed E-state index contributed by atoms with van der Waals surface area (Å²) in [6.07, 6.45) is 0.976. The Bertz CT molecular complexity index is 733. The van der Waals surface area contributed by atoms with E-state index in [0.717, 1.165) is 29.2 Å². The van der Waals surface area contributed by atoms with E-state index in [1.54, 1.807) is 6.07 Å². The molecule has 2 N–H and O–H groups in total. The van der Waals surface area contributed by atoms with E-state index in [9.17, 15) is 4.79 Å². The first kappa shape index (κ1) is 17.1. The van der Waals surface area contributed by atoms with Crippen LogP contribution < -0.4 is 10.6 Å². The summed E-state index contributed by atoms with van der Waals surface area (Å²) in [5.41, 5.74) is 7.56. The molecule has 1 unspecified atom stereocenters. The number of aryl methyl sites for hydroxylation is 1. The topological polar surface area (TPSA) is 72.1 Å². The van der Waals surface area contributed by atoms with Gasteiger partial charge in [-0.15, -0.1) is 11.8 Å². The average Bonchev–Trinajstić information content (AvgIpc) is 2.70. The Morgan fingerprint density at radius 1 is 1.42 bits per heavy atom. The zero-order valence-electron chi connectivity index (χ0n) is 13.7. The number of anilines is 2. The van der Waals surface area contributed by atoms with Crippen molar-refractivity contribution in [2.45, 2.75) is 35.6 Å². The molecule has 1 aliphatic rings. The van der Waals surface area contributed by atoms with E-state index in [-0.39, 0.29) is 5.91 Å². The molecule has 0 fully saturated rings. The lowest BCUT2D eigenvalue weighted by Crippen LogP contribution is -2.33. The summed E-state index contributed by atoms with van der Waals surface area (Å²) in [4.78, 5) is 24.3. The largest absolute Gasteiger partial charge is 0.384 e. The average molecular weight is 361 g/mol. The minimum atomic E-state index is 0.0748. The van der Waals surface area contributed by atoms with Gasteiger partial charge in [0.05, 0.1) is 11.4 Å². The van der Waals surface area contributed by atoms with Crippen molar-refractivity contribution in [3.8, 4) is 0 Å². The Morgan fingerprint density at radius 3 is 3.00 bits per heavy atom. The van der Waals surface area contributed by atoms with Crippen LogP contribution in [0.3, 0.4) is 0 Å². The molecule has 3 rings (SSSR count). The van der Waals surface area contributed by atoms with Gasteiger partial charge in [-0.2, -0.15) is 0 Å². The summed E-state index contributed by atoms with van der Waals surface area (Å²) in [5.74, 6) is 0.810. The molecule has 1 amide bonds. The maximum absolute atomic E-state index is 12.8. The number of nitrogens with two attached hydrogens (primary N) is 1. The van der Waals surface area contributed by atoms with Gasteiger partial charge in [-0.3, -0.25) is 4.79 Å². The van der Waals surface area contributed by atoms with Gasteiger partial charge in [0.25, 0.3) is 0 Å². The number of hydrogen-bond donors (Lipinski definition) is 1. The summed E-state index contributed by atoms with van der Waals surface area (Å²) in [6, 6.07) is 9.82. The second kappa shape index (κ2) is 7.44. The molecule has 1 aromatic carbocycles. The van der Waals surface area contributed by atoms with E-state index >= 15 is 0 Å². The highest BCUT2D eigenvalue weighted by Crippen LogP contribution is 2.37. The fraction of sp³-hybridized carbons (Fsp3) is 0.353. The van der Waals surface area contributed by atoms with Crippen molar-refractivity contribution in [2.24, 2.45) is 0 Å². The molecule has 0 bridgehead atoms. The van der Waals surface area contributed by atoms with Gasteiger partial charge in [0.1, 0.15) is 5.82 Å². The van der Waals surface area contributed by atoms with Crippen LogP contribution in [0.25, 0.3) is 0 Å². The Kier molecular flexibility index (Phi) is 5.30. The van der Waals surface area contributed by atoms with Crippen LogP contribution in [0.5, 0.6) is 0 Å². The third-order valence-electron chi connectivity index (χ3n) is 3.72. The molecule has 1 aliphatic heterocycles. The summed E-state index contributed by atoms with van der Waals surface area (Å²) in [5, 5.41) is 1.04. The van der Waals surface area contributed by atoms with Gasteiger partial charge >= 0.3 is 0 Å².